The first kappa shape index (κ1) is 21.7. The number of benzene rings is 1. The highest BCUT2D eigenvalue weighted by Crippen LogP contribution is 2.32. The summed E-state index contributed by atoms with van der Waals surface area (Å²) in [4.78, 5) is 27.7. The van der Waals surface area contributed by atoms with Crippen LogP contribution in [0, 0.1) is 11.7 Å². The third-order valence-electron chi connectivity index (χ3n) is 4.60. The molecule has 0 radical (unpaired) electrons. The van der Waals surface area contributed by atoms with E-state index in [2.05, 4.69) is 47.0 Å². The van der Waals surface area contributed by atoms with Gasteiger partial charge in [-0.05, 0) is 63.2 Å². The number of nitrogens with two attached hydrogens (primary N) is 1. The third-order valence-corrected chi connectivity index (χ3v) is 5.20. The van der Waals surface area contributed by atoms with E-state index in [1.54, 1.807) is 0 Å². The molecule has 0 atom stereocenters. The van der Waals surface area contributed by atoms with Gasteiger partial charge >= 0.3 is 5.76 Å². The lowest BCUT2D eigenvalue weighted by Crippen LogP contribution is -2.35. The Kier molecular flexibility index (Phi) is 6.30. The van der Waals surface area contributed by atoms with Gasteiger partial charge in [-0.2, -0.15) is 4.99 Å². The fourth-order valence-corrected chi connectivity index (χ4v) is 3.23. The molecule has 12 nitrogen and oxygen atoms in total. The van der Waals surface area contributed by atoms with Gasteiger partial charge in [0.25, 0.3) is 0 Å². The summed E-state index contributed by atoms with van der Waals surface area (Å²) in [6.07, 6.45) is 2.54. The maximum atomic E-state index is 13.6. The molecule has 168 valence electrons. The Bertz CT molecular complexity index is 1220. The minimum absolute atomic E-state index is 0.0111. The van der Waals surface area contributed by atoms with Crippen LogP contribution in [0.4, 0.5) is 10.2 Å². The summed E-state index contributed by atoms with van der Waals surface area (Å²) < 4.78 is 24.4. The van der Waals surface area contributed by atoms with Gasteiger partial charge in [0.15, 0.2) is 11.7 Å². The maximum absolute atomic E-state index is 13.6. The van der Waals surface area contributed by atoms with E-state index in [9.17, 15) is 14.0 Å². The summed E-state index contributed by atoms with van der Waals surface area (Å²) in [6.45, 7) is 0.618. The molecular formula is C18H18BrFN8O4. The summed E-state index contributed by atoms with van der Waals surface area (Å²) >= 11 is 3.08. The highest BCUT2D eigenvalue weighted by Gasteiger charge is 2.24. The van der Waals surface area contributed by atoms with Gasteiger partial charge in [0.1, 0.15) is 5.82 Å². The molecule has 2 heterocycles. The number of halogens is 2. The number of hydrogen-bond donors (Lipinski definition) is 3. The first-order valence-electron chi connectivity index (χ1n) is 9.64. The van der Waals surface area contributed by atoms with Crippen molar-refractivity contribution >= 4 is 33.6 Å². The number of nitrogens with zero attached hydrogens (tertiary/aromatic N) is 5. The number of rotatable bonds is 8. The number of hydrogen-bond acceptors (Lipinski definition) is 8. The molecule has 1 amide bonds. The molecule has 1 aliphatic carbocycles. The summed E-state index contributed by atoms with van der Waals surface area (Å²) in [5.74, 6) is -0.868. The topological polar surface area (TPSA) is 166 Å². The lowest BCUT2D eigenvalue weighted by molar-refractivity contribution is -0.118. The van der Waals surface area contributed by atoms with Crippen LogP contribution in [0.2, 0.25) is 0 Å². The largest absolute Gasteiger partial charge is 0.446 e. The smallest absolute Gasteiger partial charge is 0.370 e. The molecule has 0 aliphatic heterocycles. The quantitative estimate of drug-likeness (QED) is 0.230. The summed E-state index contributed by atoms with van der Waals surface area (Å²) in [5, 5.41) is 17.1. The van der Waals surface area contributed by atoms with E-state index in [-0.39, 0.29) is 33.7 Å². The first-order valence-corrected chi connectivity index (χ1v) is 10.4. The Morgan fingerprint density at radius 1 is 1.31 bits per heavy atom. The minimum atomic E-state index is -0.797. The number of aliphatic imine (C=N–C) groups is 1. The highest BCUT2D eigenvalue weighted by molar-refractivity contribution is 9.10. The van der Waals surface area contributed by atoms with E-state index >= 15 is 0 Å². The number of nitrogens with one attached hydrogen (secondary N) is 2. The summed E-state index contributed by atoms with van der Waals surface area (Å²) in [7, 11) is 0. The fraction of sp³-hybridized carbons (Fsp3) is 0.333. The van der Waals surface area contributed by atoms with E-state index in [0.717, 1.165) is 17.4 Å². The van der Waals surface area contributed by atoms with E-state index in [1.807, 2.05) is 0 Å². The normalized spacial score (nSPS) is 13.9. The average Bonchev–Trinajstić information content (AvgIpc) is 3.29. The molecule has 0 saturated heterocycles. The molecule has 4 rings (SSSR count). The molecule has 2 aromatic heterocycles. The van der Waals surface area contributed by atoms with Gasteiger partial charge in [-0.25, -0.2) is 18.4 Å². The lowest BCUT2D eigenvalue weighted by atomic mass is 10.3. The van der Waals surface area contributed by atoms with Crippen LogP contribution in [0.15, 0.2) is 41.6 Å². The van der Waals surface area contributed by atoms with Crippen molar-refractivity contribution in [2.45, 2.75) is 19.3 Å². The van der Waals surface area contributed by atoms with Crippen molar-refractivity contribution < 1.29 is 18.3 Å². The van der Waals surface area contributed by atoms with Gasteiger partial charge < -0.3 is 16.4 Å². The molecule has 1 aliphatic rings. The highest BCUT2D eigenvalue weighted by atomic mass is 79.9. The van der Waals surface area contributed by atoms with Crippen molar-refractivity contribution in [3.8, 4) is 17.2 Å². The van der Waals surface area contributed by atoms with Crippen LogP contribution in [-0.2, 0) is 4.79 Å². The van der Waals surface area contributed by atoms with Gasteiger partial charge in [0.2, 0.25) is 17.5 Å². The zero-order valence-corrected chi connectivity index (χ0v) is 18.1. The predicted octanol–water partition coefficient (Wildman–Crippen LogP) is 1.42. The molecule has 0 spiro atoms. The monoisotopic (exact) mass is 508 g/mol. The molecule has 0 bridgehead atoms. The Morgan fingerprint density at radius 2 is 2.12 bits per heavy atom. The Morgan fingerprint density at radius 3 is 2.88 bits per heavy atom. The zero-order valence-electron chi connectivity index (χ0n) is 16.5. The van der Waals surface area contributed by atoms with E-state index in [1.165, 1.54) is 18.2 Å². The van der Waals surface area contributed by atoms with Gasteiger partial charge in [-0.15, -0.1) is 0 Å². The van der Waals surface area contributed by atoms with Gasteiger partial charge in [-0.1, -0.05) is 5.16 Å². The van der Waals surface area contributed by atoms with Gasteiger partial charge in [0.05, 0.1) is 10.2 Å². The second-order valence-electron chi connectivity index (χ2n) is 7.06. The van der Waals surface area contributed by atoms with Crippen molar-refractivity contribution in [2.24, 2.45) is 16.6 Å². The van der Waals surface area contributed by atoms with Crippen molar-refractivity contribution in [3.05, 3.63) is 39.0 Å². The van der Waals surface area contributed by atoms with Crippen LogP contribution in [0.25, 0.3) is 17.2 Å². The van der Waals surface area contributed by atoms with Gasteiger partial charge in [0, 0.05) is 19.5 Å². The number of amides is 1. The molecule has 1 fully saturated rings. The van der Waals surface area contributed by atoms with E-state index in [0.29, 0.717) is 31.1 Å². The number of anilines is 1. The molecule has 1 aromatic carbocycles. The third kappa shape index (κ3) is 5.01. The van der Waals surface area contributed by atoms with E-state index < -0.39 is 11.6 Å². The van der Waals surface area contributed by atoms with Gasteiger partial charge in [-0.3, -0.25) is 9.32 Å². The molecule has 32 heavy (non-hydrogen) atoms. The first-order chi connectivity index (χ1) is 15.4. The standard InChI is InChI=1S/C18H18BrFN8O4/c19-11-8-10(3-4-12(11)20)28-16(27-31-18(28)30)14-15(26-32-25-14)22-5-6-23-17(21)24-13(29)7-9-1-2-9/h3-4,8-9H,1-2,5-7H2,(H,22,26)(H3,21,23,24,29). The molecule has 4 N–H and O–H groups in total. The van der Waals surface area contributed by atoms with Crippen LogP contribution < -0.4 is 22.1 Å². The molecule has 3 aromatic rings. The molecule has 14 heteroatoms. The molecular weight excluding hydrogens is 491 g/mol. The van der Waals surface area contributed by atoms with Crippen molar-refractivity contribution in [1.29, 1.82) is 0 Å². The van der Waals surface area contributed by atoms with Crippen LogP contribution in [0.1, 0.15) is 19.3 Å². The fourth-order valence-electron chi connectivity index (χ4n) is 2.86. The zero-order chi connectivity index (χ0) is 22.7. The molecule has 1 saturated carbocycles. The number of carbonyl (C=O) groups is 1. The predicted molar refractivity (Wildman–Crippen MR) is 114 cm³/mol. The van der Waals surface area contributed by atoms with Crippen LogP contribution >= 0.6 is 15.9 Å². The van der Waals surface area contributed by atoms with Crippen molar-refractivity contribution in [2.75, 3.05) is 18.4 Å². The van der Waals surface area contributed by atoms with Crippen molar-refractivity contribution in [1.82, 2.24) is 25.4 Å². The maximum Gasteiger partial charge on any atom is 0.446 e. The summed E-state index contributed by atoms with van der Waals surface area (Å²) in [6, 6.07) is 3.98. The van der Waals surface area contributed by atoms with Crippen LogP contribution in [0.5, 0.6) is 0 Å². The van der Waals surface area contributed by atoms with Crippen molar-refractivity contribution in [3.63, 3.8) is 0 Å². The lowest BCUT2D eigenvalue weighted by Gasteiger charge is -2.07. The SMILES string of the molecule is N/C(=N\C(=O)CC1CC1)NCCNc1nonc1-c1noc(=O)n1-c1ccc(F)c(Br)c1. The second kappa shape index (κ2) is 9.30. The van der Waals surface area contributed by atoms with Crippen LogP contribution in [0.3, 0.4) is 0 Å². The molecule has 0 unspecified atom stereocenters. The number of carbonyl (C=O) groups excluding carboxylic acids is 1. The number of guanidine groups is 1. The Labute approximate surface area is 188 Å². The second-order valence-corrected chi connectivity index (χ2v) is 7.91. The average molecular weight is 509 g/mol. The van der Waals surface area contributed by atoms with E-state index in [4.69, 9.17) is 14.9 Å². The summed E-state index contributed by atoms with van der Waals surface area (Å²) in [5.41, 5.74) is 6.12. The minimum Gasteiger partial charge on any atom is -0.370 e. The van der Waals surface area contributed by atoms with Crippen LogP contribution in [-0.4, -0.2) is 45.0 Å². The number of aromatic nitrogens is 4. The Hall–Kier alpha value is -3.55. The Balaban J connectivity index is 1.42.